The molecule has 5 heteroatoms. The molecule has 1 atom stereocenters. The Morgan fingerprint density at radius 1 is 1.20 bits per heavy atom. The molecule has 2 aromatic rings. The Morgan fingerprint density at radius 2 is 1.96 bits per heavy atom. The number of carbonyl (C=O) groups excluding carboxylic acids is 1. The Bertz CT molecular complexity index is 739. The fraction of sp³-hybridized carbons (Fsp3) is 0.400. The number of hydrogen-bond acceptors (Lipinski definition) is 3. The van der Waals surface area contributed by atoms with E-state index in [2.05, 4.69) is 15.2 Å². The fourth-order valence-electron chi connectivity index (χ4n) is 4.05. The molecule has 0 bridgehead atoms. The summed E-state index contributed by atoms with van der Waals surface area (Å²) in [7, 11) is 0. The van der Waals surface area contributed by atoms with Gasteiger partial charge in [-0.1, -0.05) is 18.2 Å². The lowest BCUT2D eigenvalue weighted by Crippen LogP contribution is -2.50. The molecule has 0 saturated carbocycles. The van der Waals surface area contributed by atoms with E-state index in [0.29, 0.717) is 0 Å². The van der Waals surface area contributed by atoms with Crippen LogP contribution in [0.25, 0.3) is 0 Å². The minimum Gasteiger partial charge on any atom is -0.350 e. The van der Waals surface area contributed by atoms with Gasteiger partial charge in [0.15, 0.2) is 0 Å². The molecule has 0 unspecified atom stereocenters. The van der Waals surface area contributed by atoms with E-state index in [4.69, 9.17) is 0 Å². The second-order valence-electron chi connectivity index (χ2n) is 7.22. The summed E-state index contributed by atoms with van der Waals surface area (Å²) in [6.45, 7) is 2.71. The first-order chi connectivity index (χ1) is 12.1. The van der Waals surface area contributed by atoms with Gasteiger partial charge < -0.3 is 5.32 Å². The maximum absolute atomic E-state index is 13.0. The summed E-state index contributed by atoms with van der Waals surface area (Å²) in [5.74, 6) is -0.159. The number of amides is 1. The van der Waals surface area contributed by atoms with Gasteiger partial charge in [-0.25, -0.2) is 4.39 Å². The van der Waals surface area contributed by atoms with Crippen LogP contribution >= 0.6 is 0 Å². The Morgan fingerprint density at radius 3 is 2.64 bits per heavy atom. The predicted octanol–water partition coefficient (Wildman–Crippen LogP) is 2.86. The largest absolute Gasteiger partial charge is 0.350 e. The molecule has 1 N–H and O–H groups in total. The van der Waals surface area contributed by atoms with Gasteiger partial charge in [-0.3, -0.25) is 14.7 Å². The van der Waals surface area contributed by atoms with Gasteiger partial charge >= 0.3 is 0 Å². The van der Waals surface area contributed by atoms with Crippen molar-refractivity contribution in [3.05, 3.63) is 65.7 Å². The number of rotatable bonds is 3. The number of carbonyl (C=O) groups is 1. The summed E-state index contributed by atoms with van der Waals surface area (Å²) in [4.78, 5) is 19.0. The van der Waals surface area contributed by atoms with Gasteiger partial charge in [0.25, 0.3) is 0 Å². The van der Waals surface area contributed by atoms with E-state index < -0.39 is 0 Å². The lowest BCUT2D eigenvalue weighted by atomic mass is 9.82. The Labute approximate surface area is 147 Å². The molecule has 2 saturated heterocycles. The van der Waals surface area contributed by atoms with Gasteiger partial charge in [-0.05, 0) is 48.6 Å². The molecular weight excluding hydrogens is 317 g/mol. The summed E-state index contributed by atoms with van der Waals surface area (Å²) in [5, 5.41) is 3.27. The lowest BCUT2D eigenvalue weighted by molar-refractivity contribution is -0.121. The van der Waals surface area contributed by atoms with E-state index in [0.717, 1.165) is 50.0 Å². The van der Waals surface area contributed by atoms with Crippen molar-refractivity contribution < 1.29 is 9.18 Å². The number of hydrogen-bond donors (Lipinski definition) is 1. The number of halogens is 1. The van der Waals surface area contributed by atoms with Crippen LogP contribution in [-0.4, -0.2) is 34.4 Å². The maximum Gasteiger partial charge on any atom is 0.228 e. The number of pyridine rings is 1. The molecule has 1 aromatic carbocycles. The van der Waals surface area contributed by atoms with Crippen LogP contribution in [-0.2, 0) is 11.3 Å². The van der Waals surface area contributed by atoms with Crippen LogP contribution in [0.4, 0.5) is 4.39 Å². The molecule has 3 heterocycles. The van der Waals surface area contributed by atoms with E-state index in [9.17, 15) is 9.18 Å². The molecule has 0 aliphatic carbocycles. The molecule has 1 spiro atoms. The van der Waals surface area contributed by atoms with E-state index in [-0.39, 0.29) is 23.2 Å². The second kappa shape index (κ2) is 6.56. The number of aromatic nitrogens is 1. The molecule has 4 rings (SSSR count). The van der Waals surface area contributed by atoms with Gasteiger partial charge in [0.05, 0.1) is 5.92 Å². The van der Waals surface area contributed by atoms with Crippen molar-refractivity contribution in [2.75, 3.05) is 13.1 Å². The first-order valence-electron chi connectivity index (χ1n) is 8.82. The van der Waals surface area contributed by atoms with Gasteiger partial charge in [0.1, 0.15) is 5.82 Å². The van der Waals surface area contributed by atoms with Crippen LogP contribution in [0, 0.1) is 5.82 Å². The van der Waals surface area contributed by atoms with Crippen molar-refractivity contribution in [3.8, 4) is 0 Å². The van der Waals surface area contributed by atoms with E-state index in [1.165, 1.54) is 12.1 Å². The zero-order valence-corrected chi connectivity index (χ0v) is 14.1. The van der Waals surface area contributed by atoms with Gasteiger partial charge in [0.2, 0.25) is 5.91 Å². The van der Waals surface area contributed by atoms with Crippen LogP contribution < -0.4 is 5.32 Å². The van der Waals surface area contributed by atoms with E-state index >= 15 is 0 Å². The van der Waals surface area contributed by atoms with Gasteiger partial charge in [-0.2, -0.15) is 0 Å². The van der Waals surface area contributed by atoms with Crippen molar-refractivity contribution in [3.63, 3.8) is 0 Å². The molecule has 130 valence electrons. The Hall–Kier alpha value is -2.27. The number of benzene rings is 1. The zero-order valence-electron chi connectivity index (χ0n) is 14.1. The normalized spacial score (nSPS) is 22.9. The third kappa shape index (κ3) is 3.42. The van der Waals surface area contributed by atoms with Crippen LogP contribution in [0.3, 0.4) is 0 Å². The SMILES string of the molecule is O=C1NC2(CCN(Cc3ccc(F)cc3)CC2)C[C@H]1c1cccnc1. The van der Waals surface area contributed by atoms with Crippen molar-refractivity contribution in [1.82, 2.24) is 15.2 Å². The number of nitrogens with one attached hydrogen (secondary N) is 1. The highest BCUT2D eigenvalue weighted by molar-refractivity contribution is 5.87. The Balaban J connectivity index is 1.38. The lowest BCUT2D eigenvalue weighted by Gasteiger charge is -2.39. The highest BCUT2D eigenvalue weighted by Gasteiger charge is 2.46. The minimum atomic E-state index is -0.198. The van der Waals surface area contributed by atoms with Crippen molar-refractivity contribution in [1.29, 1.82) is 0 Å². The van der Waals surface area contributed by atoms with Crippen LogP contribution in [0.5, 0.6) is 0 Å². The van der Waals surface area contributed by atoms with E-state index in [1.807, 2.05) is 24.3 Å². The van der Waals surface area contributed by atoms with Crippen LogP contribution in [0.2, 0.25) is 0 Å². The first-order valence-corrected chi connectivity index (χ1v) is 8.82. The van der Waals surface area contributed by atoms with Gasteiger partial charge in [0, 0.05) is 37.6 Å². The summed E-state index contributed by atoms with van der Waals surface area (Å²) >= 11 is 0. The summed E-state index contributed by atoms with van der Waals surface area (Å²) in [6, 6.07) is 10.6. The van der Waals surface area contributed by atoms with Gasteiger partial charge in [-0.15, -0.1) is 0 Å². The maximum atomic E-state index is 13.0. The molecule has 1 amide bonds. The quantitative estimate of drug-likeness (QED) is 0.935. The summed E-state index contributed by atoms with van der Waals surface area (Å²) in [6.07, 6.45) is 6.29. The highest BCUT2D eigenvalue weighted by Crippen LogP contribution is 2.39. The predicted molar refractivity (Wildman–Crippen MR) is 93.4 cm³/mol. The zero-order chi connectivity index (χ0) is 17.3. The van der Waals surface area contributed by atoms with Crippen molar-refractivity contribution in [2.24, 2.45) is 0 Å². The fourth-order valence-corrected chi connectivity index (χ4v) is 4.05. The number of piperidine rings is 1. The minimum absolute atomic E-state index is 0.0858. The number of likely N-dealkylation sites (tertiary alicyclic amines) is 1. The molecule has 0 radical (unpaired) electrons. The third-order valence-electron chi connectivity index (χ3n) is 5.52. The number of nitrogens with zero attached hydrogens (tertiary/aromatic N) is 2. The molecule has 1 aromatic heterocycles. The van der Waals surface area contributed by atoms with E-state index in [1.54, 1.807) is 12.4 Å². The summed E-state index contributed by atoms with van der Waals surface area (Å²) in [5.41, 5.74) is 2.04. The summed E-state index contributed by atoms with van der Waals surface area (Å²) < 4.78 is 13.0. The molecular formula is C20H22FN3O. The monoisotopic (exact) mass is 339 g/mol. The Kier molecular flexibility index (Phi) is 4.25. The molecule has 2 fully saturated rings. The van der Waals surface area contributed by atoms with Crippen LogP contribution in [0.1, 0.15) is 36.3 Å². The van der Waals surface area contributed by atoms with Crippen molar-refractivity contribution in [2.45, 2.75) is 37.3 Å². The molecule has 2 aliphatic heterocycles. The third-order valence-corrected chi connectivity index (χ3v) is 5.52. The molecule has 4 nitrogen and oxygen atoms in total. The standard InChI is InChI=1S/C20H22FN3O/c21-17-5-3-15(4-6-17)14-24-10-7-20(8-11-24)12-18(19(25)23-20)16-2-1-9-22-13-16/h1-6,9,13,18H,7-8,10-12,14H2,(H,23,25)/t18-/m0/s1. The smallest absolute Gasteiger partial charge is 0.228 e. The molecule has 25 heavy (non-hydrogen) atoms. The van der Waals surface area contributed by atoms with Crippen LogP contribution in [0.15, 0.2) is 48.8 Å². The first kappa shape index (κ1) is 16.2. The average molecular weight is 339 g/mol. The van der Waals surface area contributed by atoms with Crippen molar-refractivity contribution >= 4 is 5.91 Å². The average Bonchev–Trinajstić information content (AvgIpc) is 2.96. The highest BCUT2D eigenvalue weighted by atomic mass is 19.1. The molecule has 2 aliphatic rings. The second-order valence-corrected chi connectivity index (χ2v) is 7.22. The topological polar surface area (TPSA) is 45.2 Å².